The second-order valence-corrected chi connectivity index (χ2v) is 7.05. The molecule has 7 heteroatoms. The second kappa shape index (κ2) is 7.60. The van der Waals surface area contributed by atoms with Gasteiger partial charge in [-0.25, -0.2) is 4.98 Å². The van der Waals surface area contributed by atoms with Gasteiger partial charge in [-0.05, 0) is 42.3 Å². The van der Waals surface area contributed by atoms with Crippen LogP contribution >= 0.6 is 0 Å². The number of fused-ring (bicyclic) bond motifs is 2. The van der Waals surface area contributed by atoms with Crippen LogP contribution in [-0.2, 0) is 6.42 Å². The Morgan fingerprint density at radius 2 is 2.00 bits per heavy atom. The Morgan fingerprint density at radius 1 is 1.14 bits per heavy atom. The molecule has 3 aromatic rings. The molecular weight excluding hydrogens is 370 g/mol. The topological polar surface area (TPSA) is 85.6 Å². The quantitative estimate of drug-likeness (QED) is 0.711. The van der Waals surface area contributed by atoms with E-state index in [0.717, 1.165) is 18.5 Å². The average Bonchev–Trinajstić information content (AvgIpc) is 3.27. The van der Waals surface area contributed by atoms with Gasteiger partial charge in [-0.3, -0.25) is 4.79 Å². The Kier molecular flexibility index (Phi) is 4.65. The lowest BCUT2D eigenvalue weighted by Gasteiger charge is -2.27. The van der Waals surface area contributed by atoms with E-state index in [4.69, 9.17) is 13.9 Å². The van der Waals surface area contributed by atoms with Crippen molar-refractivity contribution in [3.63, 3.8) is 0 Å². The molecule has 1 amide bonds. The first-order valence-corrected chi connectivity index (χ1v) is 9.72. The molecule has 1 aromatic heterocycles. The highest BCUT2D eigenvalue weighted by Gasteiger charge is 2.23. The molecule has 1 unspecified atom stereocenters. The van der Waals surface area contributed by atoms with Crippen molar-refractivity contribution >= 4 is 5.91 Å². The van der Waals surface area contributed by atoms with E-state index in [1.807, 2.05) is 24.3 Å². The van der Waals surface area contributed by atoms with Gasteiger partial charge in [0.15, 0.2) is 29.3 Å². The minimum atomic E-state index is -0.270. The number of hydrogen-bond donors (Lipinski definition) is 2. The fourth-order valence-corrected chi connectivity index (χ4v) is 3.85. The highest BCUT2D eigenvalue weighted by Crippen LogP contribution is 2.35. The van der Waals surface area contributed by atoms with Crippen molar-refractivity contribution in [2.45, 2.75) is 12.5 Å². The normalized spacial score (nSPS) is 17.4. The molecule has 0 bridgehead atoms. The number of carbonyl (C=O) groups is 1. The average molecular weight is 391 g/mol. The molecule has 0 aliphatic carbocycles. The van der Waals surface area contributed by atoms with Crippen LogP contribution in [0, 0.1) is 0 Å². The Hall–Kier alpha value is -3.32. The van der Waals surface area contributed by atoms with Crippen molar-refractivity contribution in [2.24, 2.45) is 0 Å². The van der Waals surface area contributed by atoms with Crippen LogP contribution in [0.3, 0.4) is 0 Å². The minimum absolute atomic E-state index is 0.0774. The van der Waals surface area contributed by atoms with E-state index in [1.165, 1.54) is 17.5 Å². The third-order valence-corrected chi connectivity index (χ3v) is 5.27. The van der Waals surface area contributed by atoms with Gasteiger partial charge in [0.1, 0.15) is 13.2 Å². The van der Waals surface area contributed by atoms with Gasteiger partial charge in [0.05, 0.1) is 0 Å². The Balaban J connectivity index is 1.33. The van der Waals surface area contributed by atoms with E-state index >= 15 is 0 Å². The maximum atomic E-state index is 12.8. The summed E-state index contributed by atoms with van der Waals surface area (Å²) in [6, 6.07) is 13.9. The third kappa shape index (κ3) is 3.45. The first-order valence-electron chi connectivity index (χ1n) is 9.72. The lowest BCUT2D eigenvalue weighted by Crippen LogP contribution is -2.39. The van der Waals surface area contributed by atoms with Crippen molar-refractivity contribution in [3.05, 3.63) is 65.7 Å². The molecule has 0 spiro atoms. The summed E-state index contributed by atoms with van der Waals surface area (Å²) >= 11 is 0. The van der Waals surface area contributed by atoms with Gasteiger partial charge in [0.2, 0.25) is 0 Å². The first kappa shape index (κ1) is 17.8. The van der Waals surface area contributed by atoms with Crippen molar-refractivity contribution in [1.29, 1.82) is 0 Å². The van der Waals surface area contributed by atoms with E-state index in [2.05, 4.69) is 33.8 Å². The maximum absolute atomic E-state index is 12.8. The number of carbonyl (C=O) groups excluding carboxylic acids is 1. The Labute approximate surface area is 168 Å². The van der Waals surface area contributed by atoms with Crippen LogP contribution in [0.1, 0.15) is 27.7 Å². The van der Waals surface area contributed by atoms with E-state index in [9.17, 15) is 4.79 Å². The second-order valence-electron chi connectivity index (χ2n) is 7.05. The van der Waals surface area contributed by atoms with Gasteiger partial charge in [0.25, 0.3) is 5.91 Å². The first-order chi connectivity index (χ1) is 14.3. The predicted octanol–water partition coefficient (Wildman–Crippen LogP) is 2.73. The largest absolute Gasteiger partial charge is 0.486 e. The fourth-order valence-electron chi connectivity index (χ4n) is 3.85. The zero-order chi connectivity index (χ0) is 19.6. The Morgan fingerprint density at radius 3 is 2.93 bits per heavy atom. The molecule has 0 fully saturated rings. The number of benzene rings is 2. The number of oxazole rings is 1. The molecule has 29 heavy (non-hydrogen) atoms. The lowest BCUT2D eigenvalue weighted by atomic mass is 9.94. The molecule has 2 N–H and O–H groups in total. The molecule has 2 aliphatic rings. The molecule has 1 atom stereocenters. The number of ether oxygens (including phenoxy) is 2. The van der Waals surface area contributed by atoms with E-state index in [1.54, 1.807) is 0 Å². The van der Waals surface area contributed by atoms with Crippen LogP contribution in [0.2, 0.25) is 0 Å². The predicted molar refractivity (Wildman–Crippen MR) is 106 cm³/mol. The minimum Gasteiger partial charge on any atom is -0.486 e. The van der Waals surface area contributed by atoms with Gasteiger partial charge >= 0.3 is 0 Å². The number of amides is 1. The third-order valence-electron chi connectivity index (χ3n) is 5.27. The van der Waals surface area contributed by atoms with E-state index in [-0.39, 0.29) is 17.6 Å². The number of rotatable bonds is 4. The molecule has 148 valence electrons. The summed E-state index contributed by atoms with van der Waals surface area (Å²) < 4.78 is 16.7. The number of aromatic nitrogens is 1. The molecule has 0 saturated carbocycles. The van der Waals surface area contributed by atoms with Crippen LogP contribution in [-0.4, -0.2) is 37.2 Å². The molecule has 5 rings (SSSR count). The number of nitrogens with zero attached hydrogens (tertiary/aromatic N) is 1. The van der Waals surface area contributed by atoms with Gasteiger partial charge < -0.3 is 24.5 Å². The van der Waals surface area contributed by atoms with Crippen molar-refractivity contribution in [2.75, 3.05) is 26.3 Å². The van der Waals surface area contributed by atoms with Crippen LogP contribution < -0.4 is 20.1 Å². The summed E-state index contributed by atoms with van der Waals surface area (Å²) in [6.07, 6.45) is 2.29. The fraction of sp³-hybridized carbons (Fsp3) is 0.273. The summed E-state index contributed by atoms with van der Waals surface area (Å²) in [4.78, 5) is 17.0. The van der Waals surface area contributed by atoms with Gasteiger partial charge in [-0.2, -0.15) is 0 Å². The SMILES string of the molecule is O=C(NCC1NCCc2ccccc21)c1ncoc1-c1ccc2c(c1)OCCO2. The van der Waals surface area contributed by atoms with Crippen LogP contribution in [0.4, 0.5) is 0 Å². The summed E-state index contributed by atoms with van der Waals surface area (Å²) in [5, 5.41) is 6.46. The lowest BCUT2D eigenvalue weighted by molar-refractivity contribution is 0.0945. The zero-order valence-corrected chi connectivity index (χ0v) is 15.8. The standard InChI is InChI=1S/C22H21N3O4/c26-22(24-12-17-16-4-2-1-3-14(16)7-8-23-17)20-21(29-13-25-20)15-5-6-18-19(11-15)28-10-9-27-18/h1-6,11,13,17,23H,7-10,12H2,(H,24,26). The highest BCUT2D eigenvalue weighted by molar-refractivity contribution is 5.97. The van der Waals surface area contributed by atoms with Gasteiger partial charge in [0, 0.05) is 18.2 Å². The van der Waals surface area contributed by atoms with Crippen LogP contribution in [0.5, 0.6) is 11.5 Å². The van der Waals surface area contributed by atoms with Crippen LogP contribution in [0.15, 0.2) is 53.3 Å². The van der Waals surface area contributed by atoms with Crippen molar-refractivity contribution in [3.8, 4) is 22.8 Å². The summed E-state index contributed by atoms with van der Waals surface area (Å²) in [5.41, 5.74) is 3.53. The van der Waals surface area contributed by atoms with Gasteiger partial charge in [-0.15, -0.1) is 0 Å². The number of hydrogen-bond acceptors (Lipinski definition) is 6. The molecule has 2 aromatic carbocycles. The Bertz CT molecular complexity index is 1050. The molecule has 7 nitrogen and oxygen atoms in total. The zero-order valence-electron chi connectivity index (χ0n) is 15.8. The number of nitrogens with one attached hydrogen (secondary N) is 2. The highest BCUT2D eigenvalue weighted by atomic mass is 16.6. The van der Waals surface area contributed by atoms with Gasteiger partial charge in [-0.1, -0.05) is 24.3 Å². The van der Waals surface area contributed by atoms with E-state index < -0.39 is 0 Å². The summed E-state index contributed by atoms with van der Waals surface area (Å²) in [6.45, 7) is 2.39. The van der Waals surface area contributed by atoms with Crippen molar-refractivity contribution in [1.82, 2.24) is 15.6 Å². The van der Waals surface area contributed by atoms with Crippen LogP contribution in [0.25, 0.3) is 11.3 Å². The monoisotopic (exact) mass is 391 g/mol. The van der Waals surface area contributed by atoms with Crippen molar-refractivity contribution < 1.29 is 18.7 Å². The summed E-state index contributed by atoms with van der Waals surface area (Å²) in [5.74, 6) is 1.47. The smallest absolute Gasteiger partial charge is 0.273 e. The molecule has 0 radical (unpaired) electrons. The molecule has 0 saturated heterocycles. The van der Waals surface area contributed by atoms with E-state index in [0.29, 0.717) is 37.0 Å². The summed E-state index contributed by atoms with van der Waals surface area (Å²) in [7, 11) is 0. The molecule has 3 heterocycles. The molecule has 2 aliphatic heterocycles. The molecular formula is C22H21N3O4. The maximum Gasteiger partial charge on any atom is 0.273 e.